The van der Waals surface area contributed by atoms with Crippen LogP contribution in [-0.2, 0) is 11.2 Å². The fraction of sp³-hybridized carbons (Fsp3) is 0.643. The lowest BCUT2D eigenvalue weighted by Gasteiger charge is -2.36. The Balaban J connectivity index is 2.22. The molecule has 1 aliphatic heterocycles. The summed E-state index contributed by atoms with van der Waals surface area (Å²) in [6.45, 7) is 8.57. The molecule has 0 saturated heterocycles. The number of amides is 1. The van der Waals surface area contributed by atoms with Crippen LogP contribution in [0.25, 0.3) is 0 Å². The van der Waals surface area contributed by atoms with Crippen molar-refractivity contribution < 1.29 is 9.53 Å². The first-order chi connectivity index (χ1) is 8.81. The normalized spacial score (nSPS) is 19.2. The summed E-state index contributed by atoms with van der Waals surface area (Å²) in [4.78, 5) is 15.5. The predicted molar refractivity (Wildman–Crippen MR) is 81.7 cm³/mol. The monoisotopic (exact) mass is 345 g/mol. The van der Waals surface area contributed by atoms with Gasteiger partial charge in [-0.1, -0.05) is 6.92 Å². The molecule has 1 amide bonds. The minimum atomic E-state index is -0.439. The molecule has 1 aromatic heterocycles. The average Bonchev–Trinajstić information content (AvgIpc) is 2.65. The lowest BCUT2D eigenvalue weighted by molar-refractivity contribution is 0.0142. The van der Waals surface area contributed by atoms with Crippen molar-refractivity contribution in [2.75, 3.05) is 6.54 Å². The smallest absolute Gasteiger partial charge is 0.410 e. The minimum absolute atomic E-state index is 0.148. The zero-order valence-electron chi connectivity index (χ0n) is 11.8. The third kappa shape index (κ3) is 3.31. The number of halogens is 1. The SMILES string of the molecule is CCC1c2sc(Br)cc2CCN1C(=O)OC(C)(C)C. The van der Waals surface area contributed by atoms with Crippen LogP contribution in [0, 0.1) is 0 Å². The molecule has 5 heteroatoms. The van der Waals surface area contributed by atoms with Gasteiger partial charge in [0.15, 0.2) is 0 Å². The number of carbonyl (C=O) groups is 1. The van der Waals surface area contributed by atoms with E-state index < -0.39 is 5.60 Å². The summed E-state index contributed by atoms with van der Waals surface area (Å²) in [5.74, 6) is 0. The number of ether oxygens (including phenoxy) is 1. The maximum atomic E-state index is 12.3. The molecule has 3 nitrogen and oxygen atoms in total. The van der Waals surface area contributed by atoms with Gasteiger partial charge < -0.3 is 9.64 Å². The largest absolute Gasteiger partial charge is 0.444 e. The van der Waals surface area contributed by atoms with Crippen molar-refractivity contribution in [3.63, 3.8) is 0 Å². The molecule has 1 aliphatic rings. The van der Waals surface area contributed by atoms with Crippen LogP contribution in [0.15, 0.2) is 9.85 Å². The van der Waals surface area contributed by atoms with Crippen molar-refractivity contribution in [3.05, 3.63) is 20.3 Å². The van der Waals surface area contributed by atoms with Gasteiger partial charge in [0.2, 0.25) is 0 Å². The standard InChI is InChI=1S/C14H20BrNO2S/c1-5-10-12-9(8-11(15)19-12)6-7-16(10)13(17)18-14(2,3)4/h8,10H,5-7H2,1-4H3. The topological polar surface area (TPSA) is 29.5 Å². The highest BCUT2D eigenvalue weighted by molar-refractivity contribution is 9.11. The quantitative estimate of drug-likeness (QED) is 0.734. The fourth-order valence-corrected chi connectivity index (χ4v) is 4.30. The Morgan fingerprint density at radius 2 is 2.26 bits per heavy atom. The van der Waals surface area contributed by atoms with E-state index in [9.17, 15) is 4.79 Å². The third-order valence-corrected chi connectivity index (χ3v) is 4.91. The highest BCUT2D eigenvalue weighted by atomic mass is 79.9. The fourth-order valence-electron chi connectivity index (χ4n) is 2.37. The highest BCUT2D eigenvalue weighted by Crippen LogP contribution is 2.40. The molecule has 0 N–H and O–H groups in total. The van der Waals surface area contributed by atoms with Crippen LogP contribution in [0.1, 0.15) is 50.6 Å². The summed E-state index contributed by atoms with van der Waals surface area (Å²) in [7, 11) is 0. The predicted octanol–water partition coefficient (Wildman–Crippen LogP) is 4.75. The molecule has 1 aromatic rings. The zero-order chi connectivity index (χ0) is 14.2. The molecule has 0 aliphatic carbocycles. The van der Waals surface area contributed by atoms with Crippen LogP contribution in [0.5, 0.6) is 0 Å². The summed E-state index contributed by atoms with van der Waals surface area (Å²) < 4.78 is 6.65. The van der Waals surface area contributed by atoms with Crippen LogP contribution >= 0.6 is 27.3 Å². The Kier molecular flexibility index (Phi) is 4.26. The summed E-state index contributed by atoms with van der Waals surface area (Å²) in [5.41, 5.74) is 0.926. The van der Waals surface area contributed by atoms with Crippen LogP contribution < -0.4 is 0 Å². The second kappa shape index (κ2) is 5.44. The Labute approximate surface area is 127 Å². The van der Waals surface area contributed by atoms with Gasteiger partial charge in [0.25, 0.3) is 0 Å². The second-order valence-electron chi connectivity index (χ2n) is 5.79. The molecule has 0 spiro atoms. The van der Waals surface area contributed by atoms with Gasteiger partial charge in [0.05, 0.1) is 9.83 Å². The number of hydrogen-bond donors (Lipinski definition) is 0. The van der Waals surface area contributed by atoms with Gasteiger partial charge in [-0.3, -0.25) is 0 Å². The van der Waals surface area contributed by atoms with Crippen LogP contribution in [-0.4, -0.2) is 23.1 Å². The summed E-state index contributed by atoms with van der Waals surface area (Å²) >= 11 is 5.27. The van der Waals surface area contributed by atoms with E-state index in [1.165, 1.54) is 10.4 Å². The molecule has 19 heavy (non-hydrogen) atoms. The highest BCUT2D eigenvalue weighted by Gasteiger charge is 2.33. The minimum Gasteiger partial charge on any atom is -0.444 e. The van der Waals surface area contributed by atoms with E-state index in [0.29, 0.717) is 0 Å². The lowest BCUT2D eigenvalue weighted by atomic mass is 10.0. The van der Waals surface area contributed by atoms with Gasteiger partial charge in [-0.2, -0.15) is 0 Å². The van der Waals surface area contributed by atoms with E-state index in [0.717, 1.165) is 23.2 Å². The van der Waals surface area contributed by atoms with Crippen LogP contribution in [0.2, 0.25) is 0 Å². The number of fused-ring (bicyclic) bond motifs is 1. The number of nitrogens with zero attached hydrogens (tertiary/aromatic N) is 1. The Hall–Kier alpha value is -0.550. The van der Waals surface area contributed by atoms with Gasteiger partial charge in [-0.05, 0) is 61.2 Å². The molecule has 0 radical (unpaired) electrons. The van der Waals surface area contributed by atoms with Gasteiger partial charge in [-0.15, -0.1) is 11.3 Å². The van der Waals surface area contributed by atoms with Crippen molar-refractivity contribution in [3.8, 4) is 0 Å². The van der Waals surface area contributed by atoms with Crippen molar-refractivity contribution in [2.45, 2.75) is 52.2 Å². The first-order valence-corrected chi connectivity index (χ1v) is 8.20. The molecule has 0 saturated carbocycles. The first kappa shape index (κ1) is 14.9. The molecule has 0 fully saturated rings. The van der Waals surface area contributed by atoms with Crippen molar-refractivity contribution in [2.24, 2.45) is 0 Å². The number of carbonyl (C=O) groups excluding carboxylic acids is 1. The molecule has 2 rings (SSSR count). The van der Waals surface area contributed by atoms with Crippen molar-refractivity contribution in [1.29, 1.82) is 0 Å². The number of rotatable bonds is 1. The summed E-state index contributed by atoms with van der Waals surface area (Å²) in [6.07, 6.45) is 1.63. The van der Waals surface area contributed by atoms with Gasteiger partial charge in [0.1, 0.15) is 5.60 Å². The maximum Gasteiger partial charge on any atom is 0.410 e. The van der Waals surface area contributed by atoms with E-state index in [2.05, 4.69) is 28.9 Å². The Bertz CT molecular complexity index is 478. The molecular formula is C14H20BrNO2S. The van der Waals surface area contributed by atoms with Crippen LogP contribution in [0.4, 0.5) is 4.79 Å². The van der Waals surface area contributed by atoms with Gasteiger partial charge >= 0.3 is 6.09 Å². The van der Waals surface area contributed by atoms with Crippen molar-refractivity contribution in [1.82, 2.24) is 4.90 Å². The van der Waals surface area contributed by atoms with Gasteiger partial charge in [0, 0.05) is 11.4 Å². The van der Waals surface area contributed by atoms with E-state index in [1.54, 1.807) is 11.3 Å². The zero-order valence-corrected chi connectivity index (χ0v) is 14.2. The van der Waals surface area contributed by atoms with E-state index in [4.69, 9.17) is 4.74 Å². The average molecular weight is 346 g/mol. The summed E-state index contributed by atoms with van der Waals surface area (Å²) in [6, 6.07) is 2.32. The molecule has 106 valence electrons. The first-order valence-electron chi connectivity index (χ1n) is 6.59. The third-order valence-electron chi connectivity index (χ3n) is 3.13. The van der Waals surface area contributed by atoms with Gasteiger partial charge in [-0.25, -0.2) is 4.79 Å². The molecule has 0 aromatic carbocycles. The second-order valence-corrected chi connectivity index (χ2v) is 8.25. The summed E-state index contributed by atoms with van der Waals surface area (Å²) in [5, 5.41) is 0. The van der Waals surface area contributed by atoms with Crippen LogP contribution in [0.3, 0.4) is 0 Å². The van der Waals surface area contributed by atoms with E-state index >= 15 is 0 Å². The maximum absolute atomic E-state index is 12.3. The molecule has 2 heterocycles. The number of hydrogen-bond acceptors (Lipinski definition) is 3. The van der Waals surface area contributed by atoms with E-state index in [-0.39, 0.29) is 12.1 Å². The Morgan fingerprint density at radius 1 is 1.58 bits per heavy atom. The Morgan fingerprint density at radius 3 is 2.84 bits per heavy atom. The molecular weight excluding hydrogens is 326 g/mol. The van der Waals surface area contributed by atoms with E-state index in [1.807, 2.05) is 25.7 Å². The lowest BCUT2D eigenvalue weighted by Crippen LogP contribution is -2.42. The number of thiophene rings is 1. The van der Waals surface area contributed by atoms with Crippen molar-refractivity contribution >= 4 is 33.4 Å². The molecule has 0 bridgehead atoms. The molecule has 1 unspecified atom stereocenters. The molecule has 1 atom stereocenters.